The van der Waals surface area contributed by atoms with Crippen LogP contribution in [0.15, 0.2) is 12.4 Å². The van der Waals surface area contributed by atoms with E-state index in [2.05, 4.69) is 30.6 Å². The number of anilines is 3. The van der Waals surface area contributed by atoms with Gasteiger partial charge in [-0.3, -0.25) is 9.58 Å². The van der Waals surface area contributed by atoms with Crippen molar-refractivity contribution in [3.05, 3.63) is 23.7 Å². The summed E-state index contributed by atoms with van der Waals surface area (Å²) < 4.78 is 46.1. The molecule has 2 aromatic heterocycles. The Morgan fingerprint density at radius 1 is 1.25 bits per heavy atom. The standard InChI is InChI=1S/C17H22F3N7O/c1-10-14(23-16-22-5-13(17(18,19)20)15(21-2)24-16)7-27(25-10)11-3-4-26(6-11)12-8-28-9-12/h5,7,11-12H,3-4,6,8-9H2,1-2H3,(H2,21,22,23,24). The number of ether oxygens (including phenoxy) is 1. The largest absolute Gasteiger partial charge is 0.421 e. The Bertz CT molecular complexity index is 850. The Morgan fingerprint density at radius 3 is 2.68 bits per heavy atom. The quantitative estimate of drug-likeness (QED) is 0.802. The monoisotopic (exact) mass is 397 g/mol. The molecule has 0 saturated carbocycles. The molecular formula is C17H22F3N7O. The number of hydrogen-bond donors (Lipinski definition) is 2. The highest BCUT2D eigenvalue weighted by Crippen LogP contribution is 2.34. The van der Waals surface area contributed by atoms with Crippen molar-refractivity contribution < 1.29 is 17.9 Å². The Labute approximate surface area is 160 Å². The lowest BCUT2D eigenvalue weighted by Gasteiger charge is -2.34. The van der Waals surface area contributed by atoms with E-state index < -0.39 is 11.7 Å². The summed E-state index contributed by atoms with van der Waals surface area (Å²) >= 11 is 0. The average molecular weight is 397 g/mol. The van der Waals surface area contributed by atoms with Gasteiger partial charge in [0.05, 0.1) is 36.7 Å². The highest BCUT2D eigenvalue weighted by atomic mass is 19.4. The van der Waals surface area contributed by atoms with Gasteiger partial charge in [-0.25, -0.2) is 4.98 Å². The highest BCUT2D eigenvalue weighted by Gasteiger charge is 2.35. The molecule has 2 saturated heterocycles. The summed E-state index contributed by atoms with van der Waals surface area (Å²) in [6.45, 7) is 5.34. The van der Waals surface area contributed by atoms with Crippen LogP contribution < -0.4 is 10.6 Å². The minimum Gasteiger partial charge on any atom is -0.378 e. The van der Waals surface area contributed by atoms with Gasteiger partial charge in [-0.05, 0) is 13.3 Å². The molecule has 0 aliphatic carbocycles. The van der Waals surface area contributed by atoms with Crippen molar-refractivity contribution in [2.45, 2.75) is 31.6 Å². The summed E-state index contributed by atoms with van der Waals surface area (Å²) in [6.07, 6.45) is -0.882. The first-order chi connectivity index (χ1) is 13.3. The van der Waals surface area contributed by atoms with Crippen LogP contribution in [-0.2, 0) is 10.9 Å². The molecule has 2 aliphatic rings. The highest BCUT2D eigenvalue weighted by molar-refractivity contribution is 5.57. The molecule has 28 heavy (non-hydrogen) atoms. The molecule has 8 nitrogen and oxygen atoms in total. The van der Waals surface area contributed by atoms with E-state index in [1.807, 2.05) is 17.8 Å². The van der Waals surface area contributed by atoms with Gasteiger partial charge in [0.25, 0.3) is 0 Å². The van der Waals surface area contributed by atoms with Gasteiger partial charge < -0.3 is 15.4 Å². The second kappa shape index (κ2) is 7.21. The molecule has 1 unspecified atom stereocenters. The van der Waals surface area contributed by atoms with Crippen molar-refractivity contribution in [3.63, 3.8) is 0 Å². The van der Waals surface area contributed by atoms with E-state index in [0.717, 1.165) is 44.6 Å². The van der Waals surface area contributed by atoms with E-state index in [-0.39, 0.29) is 17.8 Å². The van der Waals surface area contributed by atoms with Crippen LogP contribution in [0.1, 0.15) is 23.7 Å². The van der Waals surface area contributed by atoms with Gasteiger partial charge in [0.2, 0.25) is 5.95 Å². The second-order valence-electron chi connectivity index (χ2n) is 7.07. The van der Waals surface area contributed by atoms with E-state index >= 15 is 0 Å². The fourth-order valence-electron chi connectivity index (χ4n) is 3.50. The number of aromatic nitrogens is 4. The van der Waals surface area contributed by atoms with E-state index in [0.29, 0.717) is 11.7 Å². The maximum absolute atomic E-state index is 13.0. The molecule has 4 rings (SSSR count). The topological polar surface area (TPSA) is 80.1 Å². The average Bonchev–Trinajstić information content (AvgIpc) is 3.20. The molecule has 0 bridgehead atoms. The predicted molar refractivity (Wildman–Crippen MR) is 96.7 cm³/mol. The molecule has 0 radical (unpaired) electrons. The number of alkyl halides is 3. The summed E-state index contributed by atoms with van der Waals surface area (Å²) in [4.78, 5) is 10.2. The maximum atomic E-state index is 13.0. The Balaban J connectivity index is 1.48. The number of rotatable bonds is 5. The third kappa shape index (κ3) is 3.63. The van der Waals surface area contributed by atoms with Crippen molar-refractivity contribution in [1.82, 2.24) is 24.6 Å². The number of hydrogen-bond acceptors (Lipinski definition) is 7. The summed E-state index contributed by atoms with van der Waals surface area (Å²) in [6, 6.07) is 0.760. The SMILES string of the molecule is CNc1nc(Nc2cn(C3CCN(C4COC4)C3)nc2C)ncc1C(F)(F)F. The van der Waals surface area contributed by atoms with Crippen molar-refractivity contribution >= 4 is 17.5 Å². The van der Waals surface area contributed by atoms with E-state index in [4.69, 9.17) is 4.74 Å². The first-order valence-corrected chi connectivity index (χ1v) is 9.11. The summed E-state index contributed by atoms with van der Waals surface area (Å²) in [5.74, 6) is -0.191. The third-order valence-electron chi connectivity index (χ3n) is 5.20. The lowest BCUT2D eigenvalue weighted by Crippen LogP contribution is -2.47. The van der Waals surface area contributed by atoms with Gasteiger partial charge in [-0.15, -0.1) is 0 Å². The molecule has 1 atom stereocenters. The third-order valence-corrected chi connectivity index (χ3v) is 5.20. The lowest BCUT2D eigenvalue weighted by molar-refractivity contribution is -0.137. The fourth-order valence-corrected chi connectivity index (χ4v) is 3.50. The van der Waals surface area contributed by atoms with Gasteiger partial charge in [0.15, 0.2) is 0 Å². The summed E-state index contributed by atoms with van der Waals surface area (Å²) in [5.41, 5.74) is 0.506. The summed E-state index contributed by atoms with van der Waals surface area (Å²) in [5, 5.41) is 10.0. The molecule has 152 valence electrons. The van der Waals surface area contributed by atoms with Crippen LogP contribution in [0.2, 0.25) is 0 Å². The van der Waals surface area contributed by atoms with E-state index in [9.17, 15) is 13.2 Å². The number of aryl methyl sites for hydroxylation is 1. The number of nitrogens with zero attached hydrogens (tertiary/aromatic N) is 5. The first kappa shape index (κ1) is 18.9. The molecule has 2 aliphatic heterocycles. The molecular weight excluding hydrogens is 375 g/mol. The van der Waals surface area contributed by atoms with Crippen LogP contribution in [0.4, 0.5) is 30.6 Å². The van der Waals surface area contributed by atoms with Gasteiger partial charge in [-0.1, -0.05) is 0 Å². The zero-order chi connectivity index (χ0) is 19.9. The molecule has 0 spiro atoms. The Hall–Kier alpha value is -2.40. The number of nitrogens with one attached hydrogen (secondary N) is 2. The normalized spacial score (nSPS) is 21.0. The molecule has 11 heteroatoms. The molecule has 0 amide bonds. The predicted octanol–water partition coefficient (Wildman–Crippen LogP) is 2.43. The van der Waals surface area contributed by atoms with Gasteiger partial charge in [0, 0.05) is 32.5 Å². The minimum atomic E-state index is -4.52. The molecule has 2 fully saturated rings. The zero-order valence-electron chi connectivity index (χ0n) is 15.6. The zero-order valence-corrected chi connectivity index (χ0v) is 15.6. The van der Waals surface area contributed by atoms with E-state index in [1.54, 1.807) is 0 Å². The van der Waals surface area contributed by atoms with Gasteiger partial charge in [0.1, 0.15) is 11.4 Å². The maximum Gasteiger partial charge on any atom is 0.421 e. The van der Waals surface area contributed by atoms with Crippen LogP contribution in [0.5, 0.6) is 0 Å². The fraction of sp³-hybridized carbons (Fsp3) is 0.588. The second-order valence-corrected chi connectivity index (χ2v) is 7.07. The Kier molecular flexibility index (Phi) is 4.88. The summed E-state index contributed by atoms with van der Waals surface area (Å²) in [7, 11) is 1.39. The van der Waals surface area contributed by atoms with Crippen LogP contribution >= 0.6 is 0 Å². The molecule has 0 aromatic carbocycles. The van der Waals surface area contributed by atoms with Gasteiger partial charge in [-0.2, -0.15) is 23.3 Å². The molecule has 2 aromatic rings. The number of halogens is 3. The van der Waals surface area contributed by atoms with Crippen molar-refractivity contribution in [1.29, 1.82) is 0 Å². The van der Waals surface area contributed by atoms with Gasteiger partial charge >= 0.3 is 6.18 Å². The van der Waals surface area contributed by atoms with Crippen LogP contribution in [0, 0.1) is 6.92 Å². The van der Waals surface area contributed by atoms with Crippen molar-refractivity contribution in [2.24, 2.45) is 0 Å². The van der Waals surface area contributed by atoms with Crippen LogP contribution in [0.25, 0.3) is 0 Å². The van der Waals surface area contributed by atoms with Crippen LogP contribution in [0.3, 0.4) is 0 Å². The molecule has 4 heterocycles. The first-order valence-electron chi connectivity index (χ1n) is 9.11. The number of likely N-dealkylation sites (tertiary alicyclic amines) is 1. The van der Waals surface area contributed by atoms with Crippen LogP contribution in [-0.4, -0.2) is 64.0 Å². The smallest absolute Gasteiger partial charge is 0.378 e. The van der Waals surface area contributed by atoms with E-state index in [1.165, 1.54) is 7.05 Å². The lowest BCUT2D eigenvalue weighted by atomic mass is 10.2. The van der Waals surface area contributed by atoms with Crippen molar-refractivity contribution in [2.75, 3.05) is 44.0 Å². The Morgan fingerprint density at radius 2 is 2.04 bits per heavy atom. The molecule has 2 N–H and O–H groups in total. The van der Waals surface area contributed by atoms with Crippen molar-refractivity contribution in [3.8, 4) is 0 Å². The minimum absolute atomic E-state index is 0.0830.